The fraction of sp³-hybridized carbons (Fsp3) is 0.611. The van der Waals surface area contributed by atoms with Crippen molar-refractivity contribution in [3.8, 4) is 11.5 Å². The molecule has 136 valence electrons. The van der Waals surface area contributed by atoms with Crippen LogP contribution in [0.15, 0.2) is 23.2 Å². The number of methoxy groups -OCH3 is 2. The van der Waals surface area contributed by atoms with Crippen LogP contribution in [0.5, 0.6) is 11.5 Å². The number of nitrogens with one attached hydrogen (secondary N) is 1. The minimum atomic E-state index is 0. The number of ether oxygens (including phenoxy) is 2. The number of aliphatic imine (C=N–C) groups is 1. The first kappa shape index (κ1) is 20.9. The summed E-state index contributed by atoms with van der Waals surface area (Å²) in [4.78, 5) is 7.15. The Balaban J connectivity index is 0.00000288. The SMILES string of the molecule is CCNC(=NCc1cccc(OC)c1OC)N1CCC(C)(C)C1.I. The number of rotatable bonds is 5. The van der Waals surface area contributed by atoms with Crippen molar-refractivity contribution in [3.63, 3.8) is 0 Å². The first-order valence-corrected chi connectivity index (χ1v) is 8.24. The molecule has 2 rings (SSSR count). The largest absolute Gasteiger partial charge is 0.493 e. The number of guanidine groups is 1. The van der Waals surface area contributed by atoms with Crippen molar-refractivity contribution in [2.75, 3.05) is 33.9 Å². The lowest BCUT2D eigenvalue weighted by atomic mass is 9.93. The highest BCUT2D eigenvalue weighted by atomic mass is 127. The van der Waals surface area contributed by atoms with Gasteiger partial charge >= 0.3 is 0 Å². The third-order valence-electron chi connectivity index (χ3n) is 4.20. The van der Waals surface area contributed by atoms with Crippen LogP contribution < -0.4 is 14.8 Å². The van der Waals surface area contributed by atoms with E-state index in [9.17, 15) is 0 Å². The highest BCUT2D eigenvalue weighted by molar-refractivity contribution is 14.0. The fourth-order valence-corrected chi connectivity index (χ4v) is 2.96. The number of nitrogens with zero attached hydrogens (tertiary/aromatic N) is 2. The van der Waals surface area contributed by atoms with Crippen LogP contribution in [0.1, 0.15) is 32.8 Å². The molecule has 0 atom stereocenters. The molecule has 0 spiro atoms. The molecule has 1 fully saturated rings. The number of hydrogen-bond acceptors (Lipinski definition) is 3. The van der Waals surface area contributed by atoms with Gasteiger partial charge in [-0.05, 0) is 24.8 Å². The first-order chi connectivity index (χ1) is 11.0. The van der Waals surface area contributed by atoms with E-state index in [4.69, 9.17) is 14.5 Å². The molecule has 0 aromatic heterocycles. The van der Waals surface area contributed by atoms with Crippen molar-refractivity contribution < 1.29 is 9.47 Å². The molecule has 6 heteroatoms. The van der Waals surface area contributed by atoms with E-state index in [1.54, 1.807) is 14.2 Å². The third-order valence-corrected chi connectivity index (χ3v) is 4.20. The Morgan fingerprint density at radius 1 is 1.29 bits per heavy atom. The zero-order valence-corrected chi connectivity index (χ0v) is 17.7. The van der Waals surface area contributed by atoms with Gasteiger partial charge in [-0.2, -0.15) is 0 Å². The van der Waals surface area contributed by atoms with Gasteiger partial charge in [-0.1, -0.05) is 26.0 Å². The summed E-state index contributed by atoms with van der Waals surface area (Å²) in [6.45, 7) is 10.2. The first-order valence-electron chi connectivity index (χ1n) is 8.24. The van der Waals surface area contributed by atoms with Gasteiger partial charge in [0.2, 0.25) is 0 Å². The second kappa shape index (κ2) is 9.34. The Kier molecular flexibility index (Phi) is 8.12. The van der Waals surface area contributed by atoms with Crippen LogP contribution >= 0.6 is 24.0 Å². The van der Waals surface area contributed by atoms with Crippen molar-refractivity contribution in [2.24, 2.45) is 10.4 Å². The molecule has 0 radical (unpaired) electrons. The standard InChI is InChI=1S/C18H29N3O2.HI/c1-6-19-17(21-11-10-18(2,3)13-21)20-12-14-8-7-9-15(22-4)16(14)23-5;/h7-9H,6,10-13H2,1-5H3,(H,19,20);1H. The Bertz CT molecular complexity index is 561. The van der Waals surface area contributed by atoms with Gasteiger partial charge in [-0.25, -0.2) is 4.99 Å². The van der Waals surface area contributed by atoms with Gasteiger partial charge in [0.05, 0.1) is 20.8 Å². The maximum Gasteiger partial charge on any atom is 0.194 e. The van der Waals surface area contributed by atoms with Crippen molar-refractivity contribution in [1.29, 1.82) is 0 Å². The molecule has 1 saturated heterocycles. The molecule has 0 bridgehead atoms. The normalized spacial score (nSPS) is 16.5. The molecule has 0 aliphatic carbocycles. The number of benzene rings is 1. The molecule has 1 aliphatic heterocycles. The zero-order chi connectivity index (χ0) is 16.9. The number of para-hydroxylation sites is 1. The smallest absolute Gasteiger partial charge is 0.194 e. The third kappa shape index (κ3) is 5.16. The average Bonchev–Trinajstić information content (AvgIpc) is 2.90. The monoisotopic (exact) mass is 447 g/mol. The Morgan fingerprint density at radius 2 is 2.04 bits per heavy atom. The van der Waals surface area contributed by atoms with Crippen molar-refractivity contribution in [1.82, 2.24) is 10.2 Å². The summed E-state index contributed by atoms with van der Waals surface area (Å²) in [7, 11) is 3.32. The maximum absolute atomic E-state index is 5.49. The van der Waals surface area contributed by atoms with Gasteiger partial charge in [0, 0.05) is 25.2 Å². The molecule has 1 N–H and O–H groups in total. The van der Waals surface area contributed by atoms with Gasteiger partial charge < -0.3 is 19.7 Å². The fourth-order valence-electron chi connectivity index (χ4n) is 2.96. The van der Waals surface area contributed by atoms with Gasteiger partial charge in [0.1, 0.15) is 0 Å². The zero-order valence-electron chi connectivity index (χ0n) is 15.4. The predicted octanol–water partition coefficient (Wildman–Crippen LogP) is 3.52. The molecule has 0 saturated carbocycles. The second-order valence-corrected chi connectivity index (χ2v) is 6.66. The summed E-state index contributed by atoms with van der Waals surface area (Å²) in [6, 6.07) is 5.90. The van der Waals surface area contributed by atoms with E-state index >= 15 is 0 Å². The topological polar surface area (TPSA) is 46.1 Å². The molecule has 0 amide bonds. The van der Waals surface area contributed by atoms with E-state index in [0.717, 1.165) is 42.7 Å². The van der Waals surface area contributed by atoms with Gasteiger partial charge in [0.15, 0.2) is 17.5 Å². The average molecular weight is 447 g/mol. The summed E-state index contributed by atoms with van der Waals surface area (Å²) in [5, 5.41) is 3.40. The predicted molar refractivity (Wildman–Crippen MR) is 110 cm³/mol. The lowest BCUT2D eigenvalue weighted by Crippen LogP contribution is -2.40. The highest BCUT2D eigenvalue weighted by Gasteiger charge is 2.30. The van der Waals surface area contributed by atoms with E-state index in [1.165, 1.54) is 6.42 Å². The van der Waals surface area contributed by atoms with E-state index in [0.29, 0.717) is 12.0 Å². The second-order valence-electron chi connectivity index (χ2n) is 6.66. The molecule has 1 aromatic carbocycles. The molecule has 1 aromatic rings. The van der Waals surface area contributed by atoms with E-state index < -0.39 is 0 Å². The van der Waals surface area contributed by atoms with Crippen molar-refractivity contribution in [3.05, 3.63) is 23.8 Å². The summed E-state index contributed by atoms with van der Waals surface area (Å²) in [5.74, 6) is 2.48. The molecular formula is C18H30IN3O2. The summed E-state index contributed by atoms with van der Waals surface area (Å²) in [6.07, 6.45) is 1.19. The van der Waals surface area contributed by atoms with Crippen LogP contribution in [0.3, 0.4) is 0 Å². The lowest BCUT2D eigenvalue weighted by molar-refractivity contribution is 0.351. The summed E-state index contributed by atoms with van der Waals surface area (Å²) < 4.78 is 10.8. The Morgan fingerprint density at radius 3 is 2.58 bits per heavy atom. The minimum Gasteiger partial charge on any atom is -0.493 e. The van der Waals surface area contributed by atoms with E-state index in [2.05, 4.69) is 31.0 Å². The summed E-state index contributed by atoms with van der Waals surface area (Å²) >= 11 is 0. The highest BCUT2D eigenvalue weighted by Crippen LogP contribution is 2.32. The van der Waals surface area contributed by atoms with Gasteiger partial charge in [0.25, 0.3) is 0 Å². The molecule has 24 heavy (non-hydrogen) atoms. The van der Waals surface area contributed by atoms with Crippen LogP contribution in [0.2, 0.25) is 0 Å². The number of likely N-dealkylation sites (tertiary alicyclic amines) is 1. The molecular weight excluding hydrogens is 417 g/mol. The number of halogens is 1. The Hall–Kier alpha value is -1.18. The molecule has 5 nitrogen and oxygen atoms in total. The van der Waals surface area contributed by atoms with Crippen LogP contribution in [-0.2, 0) is 6.54 Å². The quantitative estimate of drug-likeness (QED) is 0.426. The lowest BCUT2D eigenvalue weighted by Gasteiger charge is -2.23. The van der Waals surface area contributed by atoms with Crippen LogP contribution in [-0.4, -0.2) is 44.7 Å². The van der Waals surface area contributed by atoms with Gasteiger partial charge in [-0.15, -0.1) is 24.0 Å². The number of hydrogen-bond donors (Lipinski definition) is 1. The van der Waals surface area contributed by atoms with E-state index in [1.807, 2.05) is 18.2 Å². The Labute approximate surface area is 162 Å². The van der Waals surface area contributed by atoms with E-state index in [-0.39, 0.29) is 24.0 Å². The molecule has 1 heterocycles. The van der Waals surface area contributed by atoms with Crippen LogP contribution in [0.4, 0.5) is 0 Å². The molecule has 0 unspecified atom stereocenters. The maximum atomic E-state index is 5.49. The van der Waals surface area contributed by atoms with Crippen LogP contribution in [0, 0.1) is 5.41 Å². The van der Waals surface area contributed by atoms with Crippen molar-refractivity contribution >= 4 is 29.9 Å². The van der Waals surface area contributed by atoms with Crippen LogP contribution in [0.25, 0.3) is 0 Å². The minimum absolute atomic E-state index is 0. The van der Waals surface area contributed by atoms with Crippen molar-refractivity contribution in [2.45, 2.75) is 33.7 Å². The van der Waals surface area contributed by atoms with Gasteiger partial charge in [-0.3, -0.25) is 0 Å². The molecule has 1 aliphatic rings. The summed E-state index contributed by atoms with van der Waals surface area (Å²) in [5.41, 5.74) is 1.38.